The first-order chi connectivity index (χ1) is 7.59. The van der Waals surface area contributed by atoms with Gasteiger partial charge in [0.2, 0.25) is 5.91 Å². The third-order valence-electron chi connectivity index (χ3n) is 2.67. The number of carbonyl (C=O) groups is 1. The molecule has 1 heterocycles. The summed E-state index contributed by atoms with van der Waals surface area (Å²) in [4.78, 5) is 11.2. The van der Waals surface area contributed by atoms with Gasteiger partial charge in [-0.1, -0.05) is 17.7 Å². The molecule has 1 saturated heterocycles. The van der Waals surface area contributed by atoms with Gasteiger partial charge in [-0.15, -0.1) is 0 Å². The largest absolute Gasteiger partial charge is 0.353 e. The molecule has 0 spiro atoms. The molecule has 0 aromatic heterocycles. The minimum Gasteiger partial charge on any atom is -0.353 e. The van der Waals surface area contributed by atoms with Crippen LogP contribution in [0.5, 0.6) is 0 Å². The van der Waals surface area contributed by atoms with Gasteiger partial charge < -0.3 is 5.32 Å². The fraction of sp³-hybridized carbons (Fsp3) is 0.364. The Hall–Kier alpha value is -1.13. The van der Waals surface area contributed by atoms with E-state index >= 15 is 0 Å². The van der Waals surface area contributed by atoms with E-state index in [0.717, 1.165) is 0 Å². The summed E-state index contributed by atoms with van der Waals surface area (Å²) < 4.78 is 13.6. The number of hydrogen-bond acceptors (Lipinski definition) is 2. The number of carbonyl (C=O) groups excluding carboxylic acids is 1. The van der Waals surface area contributed by atoms with Crippen molar-refractivity contribution in [3.05, 3.63) is 34.6 Å². The molecule has 5 heteroatoms. The lowest BCUT2D eigenvalue weighted by atomic mass is 10.0. The first-order valence-electron chi connectivity index (χ1n) is 5.07. The Morgan fingerprint density at radius 2 is 2.25 bits per heavy atom. The first-order valence-corrected chi connectivity index (χ1v) is 5.45. The van der Waals surface area contributed by atoms with Crippen molar-refractivity contribution < 1.29 is 9.18 Å². The molecule has 2 unspecified atom stereocenters. The second-order valence-electron chi connectivity index (χ2n) is 3.82. The predicted octanol–water partition coefficient (Wildman–Crippen LogP) is 1.63. The van der Waals surface area contributed by atoms with Crippen LogP contribution in [-0.2, 0) is 4.79 Å². The van der Waals surface area contributed by atoms with Gasteiger partial charge >= 0.3 is 0 Å². The van der Waals surface area contributed by atoms with Crippen LogP contribution in [0.2, 0.25) is 5.02 Å². The Balaban J connectivity index is 2.28. The van der Waals surface area contributed by atoms with Crippen LogP contribution in [0.4, 0.5) is 4.39 Å². The molecule has 2 N–H and O–H groups in total. The quantitative estimate of drug-likeness (QED) is 0.786. The monoisotopic (exact) mass is 242 g/mol. The molecule has 1 aromatic carbocycles. The molecular formula is C11H12ClFN2O. The highest BCUT2D eigenvalue weighted by Crippen LogP contribution is 2.26. The molecule has 1 aliphatic rings. The fourth-order valence-electron chi connectivity index (χ4n) is 1.82. The van der Waals surface area contributed by atoms with E-state index in [0.29, 0.717) is 17.1 Å². The van der Waals surface area contributed by atoms with Gasteiger partial charge in [0.1, 0.15) is 5.82 Å². The van der Waals surface area contributed by atoms with E-state index in [4.69, 9.17) is 11.6 Å². The molecule has 16 heavy (non-hydrogen) atoms. The van der Waals surface area contributed by atoms with Crippen LogP contribution < -0.4 is 10.6 Å². The third-order valence-corrected chi connectivity index (χ3v) is 3.00. The van der Waals surface area contributed by atoms with Crippen molar-refractivity contribution in [3.8, 4) is 0 Å². The lowest BCUT2D eigenvalue weighted by Gasteiger charge is -2.29. The highest BCUT2D eigenvalue weighted by molar-refractivity contribution is 6.31. The molecule has 1 fully saturated rings. The van der Waals surface area contributed by atoms with Crippen LogP contribution in [-0.4, -0.2) is 18.5 Å². The van der Waals surface area contributed by atoms with E-state index in [1.54, 1.807) is 19.1 Å². The zero-order valence-corrected chi connectivity index (χ0v) is 9.51. The highest BCUT2D eigenvalue weighted by atomic mass is 35.5. The summed E-state index contributed by atoms with van der Waals surface area (Å²) in [7, 11) is 0. The summed E-state index contributed by atoms with van der Waals surface area (Å²) >= 11 is 5.95. The number of amides is 1. The fourth-order valence-corrected chi connectivity index (χ4v) is 2.12. The second-order valence-corrected chi connectivity index (χ2v) is 4.23. The maximum atomic E-state index is 13.6. The number of piperazine rings is 1. The van der Waals surface area contributed by atoms with Crippen LogP contribution in [0.3, 0.4) is 0 Å². The van der Waals surface area contributed by atoms with Gasteiger partial charge in [-0.2, -0.15) is 0 Å². The molecular weight excluding hydrogens is 231 g/mol. The molecule has 0 radical (unpaired) electrons. The number of nitrogens with one attached hydrogen (secondary N) is 2. The molecule has 0 saturated carbocycles. The molecule has 1 aliphatic heterocycles. The number of rotatable bonds is 1. The first kappa shape index (κ1) is 11.4. The van der Waals surface area contributed by atoms with E-state index in [9.17, 15) is 9.18 Å². The van der Waals surface area contributed by atoms with Crippen LogP contribution in [0, 0.1) is 5.82 Å². The van der Waals surface area contributed by atoms with Crippen LogP contribution in [0.15, 0.2) is 18.2 Å². The molecule has 2 atom stereocenters. The Labute approximate surface area is 98.0 Å². The number of hydrogen-bond donors (Lipinski definition) is 2. The number of benzene rings is 1. The van der Waals surface area contributed by atoms with Crippen LogP contribution >= 0.6 is 11.6 Å². The van der Waals surface area contributed by atoms with Crippen molar-refractivity contribution in [3.63, 3.8) is 0 Å². The molecule has 86 valence electrons. The van der Waals surface area contributed by atoms with Crippen molar-refractivity contribution in [2.24, 2.45) is 0 Å². The summed E-state index contributed by atoms with van der Waals surface area (Å²) in [5.41, 5.74) is 0.413. The van der Waals surface area contributed by atoms with E-state index < -0.39 is 0 Å². The second kappa shape index (κ2) is 4.39. The molecule has 3 nitrogen and oxygen atoms in total. The van der Waals surface area contributed by atoms with Crippen molar-refractivity contribution in [2.75, 3.05) is 6.54 Å². The smallest absolute Gasteiger partial charge is 0.236 e. The van der Waals surface area contributed by atoms with E-state index in [-0.39, 0.29) is 23.8 Å². The summed E-state index contributed by atoms with van der Waals surface area (Å²) in [6.07, 6.45) is 0. The van der Waals surface area contributed by atoms with Crippen molar-refractivity contribution in [2.45, 2.75) is 19.0 Å². The van der Waals surface area contributed by atoms with Gasteiger partial charge in [0, 0.05) is 17.1 Å². The maximum absolute atomic E-state index is 13.6. The maximum Gasteiger partial charge on any atom is 0.236 e. The topological polar surface area (TPSA) is 41.1 Å². The standard InChI is InChI=1S/C11H12ClFN2O/c1-6-11(16)14-5-9(15-6)10-7(12)3-2-4-8(10)13/h2-4,6,9,15H,5H2,1H3,(H,14,16). The molecule has 1 amide bonds. The number of halogens is 2. The Kier molecular flexibility index (Phi) is 3.12. The van der Waals surface area contributed by atoms with E-state index in [2.05, 4.69) is 10.6 Å². The van der Waals surface area contributed by atoms with Crippen LogP contribution in [0.25, 0.3) is 0 Å². The molecule has 2 rings (SSSR count). The van der Waals surface area contributed by atoms with E-state index in [1.807, 2.05) is 0 Å². The van der Waals surface area contributed by atoms with Gasteiger partial charge in [-0.25, -0.2) is 4.39 Å². The highest BCUT2D eigenvalue weighted by Gasteiger charge is 2.28. The zero-order chi connectivity index (χ0) is 11.7. The molecule has 1 aromatic rings. The Morgan fingerprint density at radius 3 is 2.88 bits per heavy atom. The summed E-state index contributed by atoms with van der Waals surface area (Å²) in [6, 6.07) is 3.95. The Bertz CT molecular complexity index is 404. The van der Waals surface area contributed by atoms with Crippen LogP contribution in [0.1, 0.15) is 18.5 Å². The minimum absolute atomic E-state index is 0.0799. The lowest BCUT2D eigenvalue weighted by molar-refractivity contribution is -0.124. The average molecular weight is 243 g/mol. The minimum atomic E-state index is -0.353. The summed E-state index contributed by atoms with van der Waals surface area (Å²) in [6.45, 7) is 2.08. The normalized spacial score (nSPS) is 25.3. The van der Waals surface area contributed by atoms with Gasteiger partial charge in [0.15, 0.2) is 0 Å². The molecule has 0 bridgehead atoms. The predicted molar refractivity (Wildman–Crippen MR) is 59.8 cm³/mol. The molecule has 0 aliphatic carbocycles. The van der Waals surface area contributed by atoms with Gasteiger partial charge in [-0.3, -0.25) is 10.1 Å². The lowest BCUT2D eigenvalue weighted by Crippen LogP contribution is -2.53. The van der Waals surface area contributed by atoms with Gasteiger partial charge in [0.05, 0.1) is 12.1 Å². The summed E-state index contributed by atoms with van der Waals surface area (Å²) in [5.74, 6) is -0.433. The van der Waals surface area contributed by atoms with Gasteiger partial charge in [-0.05, 0) is 19.1 Å². The average Bonchev–Trinajstić information content (AvgIpc) is 2.23. The zero-order valence-electron chi connectivity index (χ0n) is 8.76. The van der Waals surface area contributed by atoms with Gasteiger partial charge in [0.25, 0.3) is 0 Å². The van der Waals surface area contributed by atoms with Crippen molar-refractivity contribution in [1.82, 2.24) is 10.6 Å². The van der Waals surface area contributed by atoms with E-state index in [1.165, 1.54) is 6.07 Å². The van der Waals surface area contributed by atoms with Crippen molar-refractivity contribution >= 4 is 17.5 Å². The SMILES string of the molecule is CC1NC(c2c(F)cccc2Cl)CNC1=O. The third kappa shape index (κ3) is 2.03. The summed E-state index contributed by atoms with van der Waals surface area (Å²) in [5, 5.41) is 6.11. The van der Waals surface area contributed by atoms with Crippen molar-refractivity contribution in [1.29, 1.82) is 0 Å². The Morgan fingerprint density at radius 1 is 1.50 bits per heavy atom.